The summed E-state index contributed by atoms with van der Waals surface area (Å²) in [5, 5.41) is 7.19. The van der Waals surface area contributed by atoms with Crippen molar-refractivity contribution in [1.29, 1.82) is 0 Å². The smallest absolute Gasteiger partial charge is 0.317 e. The molecule has 2 N–H and O–H groups in total. The summed E-state index contributed by atoms with van der Waals surface area (Å²) in [5.74, 6) is 0. The van der Waals surface area contributed by atoms with Crippen molar-refractivity contribution in [2.75, 3.05) is 31.1 Å². The zero-order valence-corrected chi connectivity index (χ0v) is 14.1. The Morgan fingerprint density at radius 2 is 2.08 bits per heavy atom. The Morgan fingerprint density at radius 3 is 2.83 bits per heavy atom. The van der Waals surface area contributed by atoms with Gasteiger partial charge in [0.15, 0.2) is 5.13 Å². The number of rotatable bonds is 3. The number of H-pyrrole nitrogens is 1. The van der Waals surface area contributed by atoms with E-state index in [0.717, 1.165) is 42.5 Å². The summed E-state index contributed by atoms with van der Waals surface area (Å²) in [6.45, 7) is 3.61. The van der Waals surface area contributed by atoms with Crippen molar-refractivity contribution < 1.29 is 4.79 Å². The van der Waals surface area contributed by atoms with Crippen LogP contribution in [0.4, 0.5) is 9.93 Å². The maximum Gasteiger partial charge on any atom is 0.317 e. The summed E-state index contributed by atoms with van der Waals surface area (Å²) < 4.78 is 0. The van der Waals surface area contributed by atoms with E-state index in [4.69, 9.17) is 0 Å². The van der Waals surface area contributed by atoms with Crippen molar-refractivity contribution >= 4 is 33.4 Å². The highest BCUT2D eigenvalue weighted by Gasteiger charge is 2.22. The maximum atomic E-state index is 12.3. The largest absolute Gasteiger partial charge is 0.357 e. The number of piperazine rings is 1. The first kappa shape index (κ1) is 15.0. The normalized spacial score (nSPS) is 15.0. The molecule has 0 radical (unpaired) electrons. The number of hydrogen-bond donors (Lipinski definition) is 2. The van der Waals surface area contributed by atoms with Crippen molar-refractivity contribution in [3.63, 3.8) is 0 Å². The Kier molecular flexibility index (Phi) is 4.08. The Labute approximate surface area is 144 Å². The van der Waals surface area contributed by atoms with Gasteiger partial charge in [0.1, 0.15) is 0 Å². The molecule has 0 spiro atoms. The number of thiazole rings is 1. The third-order valence-corrected chi connectivity index (χ3v) is 5.10. The number of urea groups is 1. The van der Waals surface area contributed by atoms with Crippen molar-refractivity contribution in [2.24, 2.45) is 0 Å². The monoisotopic (exact) mass is 341 g/mol. The highest BCUT2D eigenvalue weighted by Crippen LogP contribution is 2.19. The van der Waals surface area contributed by atoms with E-state index in [1.54, 1.807) is 11.3 Å². The van der Waals surface area contributed by atoms with Gasteiger partial charge in [0.05, 0.1) is 6.54 Å². The summed E-state index contributed by atoms with van der Waals surface area (Å²) in [7, 11) is 0. The number of nitrogens with zero attached hydrogens (tertiary/aromatic N) is 3. The first-order valence-electron chi connectivity index (χ1n) is 8.03. The number of hydrogen-bond acceptors (Lipinski definition) is 4. The molecule has 24 heavy (non-hydrogen) atoms. The molecule has 2 amide bonds. The van der Waals surface area contributed by atoms with Crippen molar-refractivity contribution in [3.05, 3.63) is 47.6 Å². The number of aromatic nitrogens is 2. The van der Waals surface area contributed by atoms with Crippen LogP contribution >= 0.6 is 11.3 Å². The predicted molar refractivity (Wildman–Crippen MR) is 96.4 cm³/mol. The first-order valence-corrected chi connectivity index (χ1v) is 8.91. The summed E-state index contributed by atoms with van der Waals surface area (Å²) in [6.07, 6.45) is 1.82. The minimum Gasteiger partial charge on any atom is -0.357 e. The van der Waals surface area contributed by atoms with Gasteiger partial charge in [-0.3, -0.25) is 0 Å². The van der Waals surface area contributed by atoms with Gasteiger partial charge >= 0.3 is 6.03 Å². The molecule has 1 aliphatic heterocycles. The Morgan fingerprint density at radius 1 is 1.25 bits per heavy atom. The fourth-order valence-electron chi connectivity index (χ4n) is 2.98. The Hall–Kier alpha value is -2.54. The number of fused-ring (bicyclic) bond motifs is 1. The molecule has 2 aromatic heterocycles. The molecule has 6 nitrogen and oxygen atoms in total. The van der Waals surface area contributed by atoms with E-state index < -0.39 is 0 Å². The molecule has 1 saturated heterocycles. The van der Waals surface area contributed by atoms with Gasteiger partial charge < -0.3 is 20.1 Å². The van der Waals surface area contributed by atoms with Crippen LogP contribution in [-0.2, 0) is 6.54 Å². The number of anilines is 1. The lowest BCUT2D eigenvalue weighted by molar-refractivity contribution is 0.194. The van der Waals surface area contributed by atoms with Crippen LogP contribution in [0.2, 0.25) is 0 Å². The average molecular weight is 341 g/mol. The summed E-state index contributed by atoms with van der Waals surface area (Å²) in [6, 6.07) is 10.2. The second-order valence-corrected chi connectivity index (χ2v) is 6.70. The van der Waals surface area contributed by atoms with Gasteiger partial charge in [-0.05, 0) is 17.5 Å². The molecular formula is C17H19N5OS. The number of benzene rings is 1. The second-order valence-electron chi connectivity index (χ2n) is 5.83. The van der Waals surface area contributed by atoms with Gasteiger partial charge in [0.25, 0.3) is 0 Å². The Bertz CT molecular complexity index is 788. The van der Waals surface area contributed by atoms with E-state index in [9.17, 15) is 4.79 Å². The SMILES string of the molecule is O=C(NCc1cc2ccccc2[nH]1)N1CCN(c2nccs2)CC1. The third kappa shape index (κ3) is 3.07. The van der Waals surface area contributed by atoms with E-state index in [2.05, 4.69) is 32.3 Å². The van der Waals surface area contributed by atoms with Crippen molar-refractivity contribution in [1.82, 2.24) is 20.2 Å². The molecule has 1 aliphatic rings. The number of amides is 2. The molecule has 3 aromatic rings. The van der Waals surface area contributed by atoms with E-state index in [-0.39, 0.29) is 6.03 Å². The number of carbonyl (C=O) groups is 1. The van der Waals surface area contributed by atoms with Gasteiger partial charge in [-0.15, -0.1) is 11.3 Å². The van der Waals surface area contributed by atoms with E-state index >= 15 is 0 Å². The van der Waals surface area contributed by atoms with Gasteiger partial charge in [0.2, 0.25) is 0 Å². The third-order valence-electron chi connectivity index (χ3n) is 4.27. The summed E-state index contributed by atoms with van der Waals surface area (Å²) >= 11 is 1.64. The van der Waals surface area contributed by atoms with Crippen LogP contribution in [0.25, 0.3) is 10.9 Å². The lowest BCUT2D eigenvalue weighted by atomic mass is 10.2. The van der Waals surface area contributed by atoms with Crippen LogP contribution < -0.4 is 10.2 Å². The van der Waals surface area contributed by atoms with Crippen LogP contribution in [0.3, 0.4) is 0 Å². The van der Waals surface area contributed by atoms with Crippen LogP contribution in [0.1, 0.15) is 5.69 Å². The van der Waals surface area contributed by atoms with E-state index in [1.165, 1.54) is 5.39 Å². The highest BCUT2D eigenvalue weighted by molar-refractivity contribution is 7.13. The maximum absolute atomic E-state index is 12.3. The molecule has 124 valence electrons. The lowest BCUT2D eigenvalue weighted by Crippen LogP contribution is -2.51. The standard InChI is InChI=1S/C17H19N5OS/c23-16(19-12-14-11-13-3-1-2-4-15(13)20-14)21-6-8-22(9-7-21)17-18-5-10-24-17/h1-5,10-11,20H,6-9,12H2,(H,19,23). The summed E-state index contributed by atoms with van der Waals surface area (Å²) in [5.41, 5.74) is 2.12. The molecule has 0 saturated carbocycles. The van der Waals surface area contributed by atoms with Crippen LogP contribution in [0.5, 0.6) is 0 Å². The average Bonchev–Trinajstić information content (AvgIpc) is 3.29. The van der Waals surface area contributed by atoms with Gasteiger partial charge in [-0.2, -0.15) is 0 Å². The zero-order chi connectivity index (χ0) is 16.4. The highest BCUT2D eigenvalue weighted by atomic mass is 32.1. The molecule has 0 unspecified atom stereocenters. The number of nitrogens with one attached hydrogen (secondary N) is 2. The molecule has 0 aliphatic carbocycles. The fraction of sp³-hybridized carbons (Fsp3) is 0.294. The molecule has 3 heterocycles. The molecule has 1 fully saturated rings. The minimum atomic E-state index is -0.00700. The Balaban J connectivity index is 1.30. The molecule has 1 aromatic carbocycles. The van der Waals surface area contributed by atoms with Crippen LogP contribution in [0.15, 0.2) is 41.9 Å². The van der Waals surface area contributed by atoms with E-state index in [1.807, 2.05) is 34.7 Å². The van der Waals surface area contributed by atoms with Gasteiger partial charge in [-0.25, -0.2) is 9.78 Å². The molecule has 0 bridgehead atoms. The molecule has 7 heteroatoms. The van der Waals surface area contributed by atoms with Gasteiger partial charge in [-0.1, -0.05) is 18.2 Å². The lowest BCUT2D eigenvalue weighted by Gasteiger charge is -2.34. The minimum absolute atomic E-state index is 0.00700. The molecule has 0 atom stereocenters. The quantitative estimate of drug-likeness (QED) is 0.770. The van der Waals surface area contributed by atoms with Crippen LogP contribution in [0, 0.1) is 0 Å². The number of para-hydroxylation sites is 1. The van der Waals surface area contributed by atoms with Crippen molar-refractivity contribution in [3.8, 4) is 0 Å². The molecular weight excluding hydrogens is 322 g/mol. The fourth-order valence-corrected chi connectivity index (χ4v) is 3.68. The number of aromatic amines is 1. The summed E-state index contributed by atoms with van der Waals surface area (Å²) in [4.78, 5) is 24.1. The topological polar surface area (TPSA) is 64.3 Å². The van der Waals surface area contributed by atoms with Gasteiger partial charge in [0, 0.05) is 49.0 Å². The molecule has 4 rings (SSSR count). The zero-order valence-electron chi connectivity index (χ0n) is 13.2. The van der Waals surface area contributed by atoms with Crippen LogP contribution in [-0.4, -0.2) is 47.1 Å². The van der Waals surface area contributed by atoms with E-state index in [0.29, 0.717) is 6.54 Å². The predicted octanol–water partition coefficient (Wildman–Crippen LogP) is 2.66. The van der Waals surface area contributed by atoms with Crippen molar-refractivity contribution in [2.45, 2.75) is 6.54 Å². The first-order chi connectivity index (χ1) is 11.8. The second kappa shape index (κ2) is 6.52. The number of carbonyl (C=O) groups excluding carboxylic acids is 1.